The lowest BCUT2D eigenvalue weighted by Crippen LogP contribution is -2.44. The zero-order valence-corrected chi connectivity index (χ0v) is 17.3. The normalized spacial score (nSPS) is 20.5. The summed E-state index contributed by atoms with van der Waals surface area (Å²) in [5.74, 6) is -0.0933. The number of aromatic nitrogens is 4. The number of nitrogens with zero attached hydrogens (tertiary/aromatic N) is 3. The third kappa shape index (κ3) is 4.75. The van der Waals surface area contributed by atoms with Crippen LogP contribution in [0.5, 0.6) is 0 Å². The standard InChI is InChI=1S/C14H23N9O5S2/c15-5-9(24)6-18-30(27,28)11-2-1-10(19-8-3-7(16)4-8)12(13(11)29(17,25)26)14-20-22-23-21-14/h1-2,7-9,18-19,24H,3-6,15-16H2,(H2,17,25,26)(H,20,21,22,23). The van der Waals surface area contributed by atoms with Crippen LogP contribution in [0.4, 0.5) is 5.69 Å². The molecule has 1 heterocycles. The van der Waals surface area contributed by atoms with Crippen LogP contribution in [0.3, 0.4) is 0 Å². The van der Waals surface area contributed by atoms with Gasteiger partial charge in [-0.1, -0.05) is 0 Å². The van der Waals surface area contributed by atoms with Crippen molar-refractivity contribution in [1.82, 2.24) is 25.3 Å². The molecule has 0 spiro atoms. The molecule has 30 heavy (non-hydrogen) atoms. The van der Waals surface area contributed by atoms with E-state index in [0.717, 1.165) is 6.07 Å². The molecule has 0 amide bonds. The smallest absolute Gasteiger partial charge is 0.242 e. The Hall–Kier alpha value is -2.21. The molecular formula is C14H23N9O5S2. The first kappa shape index (κ1) is 22.5. The Bertz CT molecular complexity index is 1100. The van der Waals surface area contributed by atoms with E-state index in [-0.39, 0.29) is 35.7 Å². The number of aromatic amines is 1. The summed E-state index contributed by atoms with van der Waals surface area (Å²) >= 11 is 0. The Kier molecular flexibility index (Phi) is 6.37. The fourth-order valence-corrected chi connectivity index (χ4v) is 5.72. The summed E-state index contributed by atoms with van der Waals surface area (Å²) in [6.07, 6.45) is 0.147. The van der Waals surface area contributed by atoms with Crippen molar-refractivity contribution in [2.75, 3.05) is 18.4 Å². The van der Waals surface area contributed by atoms with Gasteiger partial charge in [-0.25, -0.2) is 31.8 Å². The lowest BCUT2D eigenvalue weighted by Gasteiger charge is -2.34. The highest BCUT2D eigenvalue weighted by molar-refractivity contribution is 7.92. The summed E-state index contributed by atoms with van der Waals surface area (Å²) in [6.45, 7) is -0.603. The molecule has 1 aliphatic carbocycles. The van der Waals surface area contributed by atoms with Crippen LogP contribution in [-0.4, -0.2) is 73.8 Å². The summed E-state index contributed by atoms with van der Waals surface area (Å²) in [6, 6.07) is 2.48. The van der Waals surface area contributed by atoms with Crippen LogP contribution in [0.1, 0.15) is 12.8 Å². The second-order valence-electron chi connectivity index (χ2n) is 6.92. The average Bonchev–Trinajstić information content (AvgIpc) is 3.18. The average molecular weight is 462 g/mol. The van der Waals surface area contributed by atoms with E-state index in [9.17, 15) is 21.9 Å². The molecule has 0 aliphatic heterocycles. The maximum absolute atomic E-state index is 12.8. The second-order valence-corrected chi connectivity index (χ2v) is 10.2. The molecule has 1 aromatic carbocycles. The van der Waals surface area contributed by atoms with Crippen LogP contribution < -0.4 is 26.6 Å². The van der Waals surface area contributed by atoms with E-state index in [4.69, 9.17) is 16.6 Å². The number of tetrazole rings is 1. The van der Waals surface area contributed by atoms with Crippen LogP contribution in [0.15, 0.2) is 21.9 Å². The number of rotatable bonds is 9. The Morgan fingerprint density at radius 1 is 1.27 bits per heavy atom. The van der Waals surface area contributed by atoms with Gasteiger partial charge >= 0.3 is 0 Å². The predicted molar refractivity (Wildman–Crippen MR) is 106 cm³/mol. The van der Waals surface area contributed by atoms with E-state index in [1.807, 2.05) is 0 Å². The summed E-state index contributed by atoms with van der Waals surface area (Å²) in [5.41, 5.74) is 11.2. The lowest BCUT2D eigenvalue weighted by atomic mass is 9.87. The maximum Gasteiger partial charge on any atom is 0.242 e. The largest absolute Gasteiger partial charge is 0.390 e. The van der Waals surface area contributed by atoms with Crippen molar-refractivity contribution >= 4 is 25.7 Å². The molecule has 166 valence electrons. The molecule has 14 nitrogen and oxygen atoms in total. The molecule has 3 rings (SSSR count). The van der Waals surface area contributed by atoms with E-state index >= 15 is 0 Å². The monoisotopic (exact) mass is 461 g/mol. The number of aliphatic hydroxyl groups is 1. The lowest BCUT2D eigenvalue weighted by molar-refractivity contribution is 0.186. The molecule has 0 radical (unpaired) electrons. The van der Waals surface area contributed by atoms with Crippen molar-refractivity contribution < 1.29 is 21.9 Å². The van der Waals surface area contributed by atoms with Gasteiger partial charge in [0.2, 0.25) is 20.0 Å². The highest BCUT2D eigenvalue weighted by atomic mass is 32.2. The first-order valence-electron chi connectivity index (χ1n) is 8.86. The Morgan fingerprint density at radius 3 is 2.50 bits per heavy atom. The van der Waals surface area contributed by atoms with Gasteiger partial charge in [0.15, 0.2) is 5.82 Å². The van der Waals surface area contributed by atoms with Crippen molar-refractivity contribution in [3.63, 3.8) is 0 Å². The summed E-state index contributed by atoms with van der Waals surface area (Å²) in [5, 5.41) is 31.1. The molecule has 1 fully saturated rings. The van der Waals surface area contributed by atoms with Crippen molar-refractivity contribution in [3.8, 4) is 11.4 Å². The Balaban J connectivity index is 2.16. The quantitative estimate of drug-likeness (QED) is 0.198. The molecule has 1 atom stereocenters. The highest BCUT2D eigenvalue weighted by Gasteiger charge is 2.33. The molecule has 0 bridgehead atoms. The third-order valence-corrected chi connectivity index (χ3v) is 7.18. The number of aliphatic hydroxyl groups excluding tert-OH is 1. The van der Waals surface area contributed by atoms with Crippen LogP contribution in [0, 0.1) is 0 Å². The number of anilines is 1. The van der Waals surface area contributed by atoms with E-state index < -0.39 is 42.5 Å². The molecule has 1 saturated carbocycles. The molecule has 10 N–H and O–H groups in total. The SMILES string of the molecule is NCC(O)CNS(=O)(=O)c1ccc(NC2CC(N)C2)c(-c2nnn[nH]2)c1S(N)(=O)=O. The predicted octanol–water partition coefficient (Wildman–Crippen LogP) is -2.99. The molecule has 1 aromatic heterocycles. The first-order valence-corrected chi connectivity index (χ1v) is 11.9. The number of benzene rings is 1. The van der Waals surface area contributed by atoms with Gasteiger partial charge in [0, 0.05) is 30.9 Å². The molecule has 0 saturated heterocycles. The van der Waals surface area contributed by atoms with Gasteiger partial charge in [-0.05, 0) is 35.4 Å². The Morgan fingerprint density at radius 2 is 1.97 bits per heavy atom. The minimum atomic E-state index is -4.56. The van der Waals surface area contributed by atoms with Crippen LogP contribution in [0.25, 0.3) is 11.4 Å². The highest BCUT2D eigenvalue weighted by Crippen LogP contribution is 2.37. The minimum absolute atomic E-state index is 0.0217. The van der Waals surface area contributed by atoms with Crippen molar-refractivity contribution in [3.05, 3.63) is 12.1 Å². The zero-order valence-electron chi connectivity index (χ0n) is 15.7. The first-order chi connectivity index (χ1) is 14.0. The molecule has 1 unspecified atom stereocenters. The van der Waals surface area contributed by atoms with Crippen molar-refractivity contribution in [2.45, 2.75) is 40.8 Å². The van der Waals surface area contributed by atoms with Gasteiger partial charge in [-0.3, -0.25) is 0 Å². The summed E-state index contributed by atoms with van der Waals surface area (Å²) < 4.78 is 52.7. The van der Waals surface area contributed by atoms with Crippen LogP contribution in [0.2, 0.25) is 0 Å². The maximum atomic E-state index is 12.8. The number of hydrogen-bond acceptors (Lipinski definition) is 11. The summed E-state index contributed by atoms with van der Waals surface area (Å²) in [7, 11) is -8.96. The van der Waals surface area contributed by atoms with Crippen molar-refractivity contribution in [2.24, 2.45) is 16.6 Å². The van der Waals surface area contributed by atoms with Gasteiger partial charge in [0.05, 0.1) is 11.7 Å². The number of H-pyrrole nitrogens is 1. The van der Waals surface area contributed by atoms with Gasteiger partial charge in [0.1, 0.15) is 9.79 Å². The zero-order chi connectivity index (χ0) is 22.1. The van der Waals surface area contributed by atoms with E-state index in [1.54, 1.807) is 0 Å². The third-order valence-electron chi connectivity index (χ3n) is 4.59. The second kappa shape index (κ2) is 8.50. The molecule has 1 aliphatic rings. The topological polar surface area (TPSA) is 245 Å². The van der Waals surface area contributed by atoms with Gasteiger partial charge in [-0.15, -0.1) is 5.10 Å². The number of primary sulfonamides is 1. The fourth-order valence-electron chi connectivity index (χ4n) is 3.04. The van der Waals surface area contributed by atoms with E-state index in [1.165, 1.54) is 6.07 Å². The van der Waals surface area contributed by atoms with Crippen LogP contribution >= 0.6 is 0 Å². The number of nitrogens with two attached hydrogens (primary N) is 3. The number of hydrogen-bond donors (Lipinski definition) is 7. The van der Waals surface area contributed by atoms with Gasteiger partial charge in [-0.2, -0.15) is 0 Å². The fraction of sp³-hybridized carbons (Fsp3) is 0.500. The molecule has 2 aromatic rings. The number of sulfonamides is 2. The molecule has 16 heteroatoms. The van der Waals surface area contributed by atoms with Gasteiger partial charge < -0.3 is 21.9 Å². The van der Waals surface area contributed by atoms with E-state index in [2.05, 4.69) is 30.7 Å². The summed E-state index contributed by atoms with van der Waals surface area (Å²) in [4.78, 5) is -1.30. The minimum Gasteiger partial charge on any atom is -0.390 e. The van der Waals surface area contributed by atoms with Crippen LogP contribution in [-0.2, 0) is 20.0 Å². The number of nitrogens with one attached hydrogen (secondary N) is 3. The van der Waals surface area contributed by atoms with Gasteiger partial charge in [0.25, 0.3) is 0 Å². The Labute approximate surface area is 172 Å². The molecular weight excluding hydrogens is 438 g/mol. The van der Waals surface area contributed by atoms with E-state index in [0.29, 0.717) is 12.8 Å². The van der Waals surface area contributed by atoms with Crippen molar-refractivity contribution in [1.29, 1.82) is 0 Å².